The lowest BCUT2D eigenvalue weighted by Gasteiger charge is -2.28. The Kier molecular flexibility index (Phi) is 4.75. The number of benzene rings is 1. The molecule has 1 aliphatic heterocycles. The van der Waals surface area contributed by atoms with E-state index >= 15 is 0 Å². The maximum atomic E-state index is 13.1. The molecule has 6 nitrogen and oxygen atoms in total. The fraction of sp³-hybridized carbons (Fsp3) is 0.444. The first kappa shape index (κ1) is 17.8. The molecule has 134 valence electrons. The Labute approximate surface area is 150 Å². The minimum Gasteiger partial charge on any atom is -0.506 e. The lowest BCUT2D eigenvalue weighted by Crippen LogP contribution is -2.35. The van der Waals surface area contributed by atoms with Crippen LogP contribution in [0, 0.1) is 12.8 Å². The number of piperidine rings is 1. The Morgan fingerprint density at radius 2 is 1.92 bits per heavy atom. The van der Waals surface area contributed by atoms with E-state index in [0.29, 0.717) is 22.2 Å². The van der Waals surface area contributed by atoms with Crippen LogP contribution in [-0.2, 0) is 11.2 Å². The van der Waals surface area contributed by atoms with E-state index < -0.39 is 5.97 Å². The number of carboxylic acid groups (broad SMARTS) is 1. The van der Waals surface area contributed by atoms with Crippen molar-refractivity contribution in [3.63, 3.8) is 0 Å². The number of carbonyl (C=O) groups excluding carboxylic acids is 1. The second-order valence-electron chi connectivity index (χ2n) is 6.71. The third kappa shape index (κ3) is 3.24. The normalized spacial score (nSPS) is 16.4. The number of rotatable bonds is 3. The first-order valence-corrected chi connectivity index (χ1v) is 8.64. The van der Waals surface area contributed by atoms with E-state index in [4.69, 9.17) is 11.6 Å². The van der Waals surface area contributed by atoms with Gasteiger partial charge in [-0.05, 0) is 57.6 Å². The van der Waals surface area contributed by atoms with Gasteiger partial charge < -0.3 is 15.1 Å². The van der Waals surface area contributed by atoms with Crippen molar-refractivity contribution in [1.29, 1.82) is 0 Å². The number of carbonyl (C=O) groups is 2. The highest BCUT2D eigenvalue weighted by Crippen LogP contribution is 2.35. The summed E-state index contributed by atoms with van der Waals surface area (Å²) in [5, 5.41) is 19.8. The number of hydrogen-bond donors (Lipinski definition) is 2. The van der Waals surface area contributed by atoms with E-state index in [1.54, 1.807) is 11.5 Å². The van der Waals surface area contributed by atoms with Gasteiger partial charge in [-0.25, -0.2) is 0 Å². The number of phenols is 1. The molecular weight excluding hydrogens is 344 g/mol. The van der Waals surface area contributed by atoms with Gasteiger partial charge in [-0.2, -0.15) is 0 Å². The molecule has 1 aromatic carbocycles. The number of aromatic hydroxyl groups is 1. The molecule has 0 radical (unpaired) electrons. The Bertz CT molecular complexity index is 851. The molecule has 0 spiro atoms. The molecule has 2 N–H and O–H groups in total. The van der Waals surface area contributed by atoms with Crippen LogP contribution in [0.25, 0.3) is 10.9 Å². The Hall–Kier alpha value is -2.05. The van der Waals surface area contributed by atoms with Crippen LogP contribution in [0.4, 0.5) is 0 Å². The van der Waals surface area contributed by atoms with Gasteiger partial charge in [0.15, 0.2) is 0 Å². The highest BCUT2D eigenvalue weighted by Gasteiger charge is 2.28. The highest BCUT2D eigenvalue weighted by atomic mass is 35.5. The van der Waals surface area contributed by atoms with Crippen molar-refractivity contribution in [3.05, 3.63) is 28.4 Å². The lowest BCUT2D eigenvalue weighted by molar-refractivity contribution is -0.136. The molecular formula is C18H21ClN2O4. The van der Waals surface area contributed by atoms with Crippen LogP contribution in [0.1, 0.15) is 28.9 Å². The summed E-state index contributed by atoms with van der Waals surface area (Å²) in [6.45, 7) is 3.46. The zero-order valence-electron chi connectivity index (χ0n) is 14.3. The predicted octanol–water partition coefficient (Wildman–Crippen LogP) is 2.92. The van der Waals surface area contributed by atoms with E-state index in [0.717, 1.165) is 25.9 Å². The molecule has 0 saturated carbocycles. The first-order valence-electron chi connectivity index (χ1n) is 8.26. The third-order valence-electron chi connectivity index (χ3n) is 5.02. The molecule has 25 heavy (non-hydrogen) atoms. The minimum absolute atomic E-state index is 0.0333. The van der Waals surface area contributed by atoms with Gasteiger partial charge in [0.25, 0.3) is 0 Å². The van der Waals surface area contributed by atoms with Crippen molar-refractivity contribution in [2.45, 2.75) is 26.2 Å². The summed E-state index contributed by atoms with van der Waals surface area (Å²) >= 11 is 6.04. The number of hydrogen-bond acceptors (Lipinski definition) is 4. The lowest BCUT2D eigenvalue weighted by atomic mass is 9.96. The number of aliphatic carboxylic acids is 1. The van der Waals surface area contributed by atoms with Gasteiger partial charge in [-0.1, -0.05) is 11.6 Å². The van der Waals surface area contributed by atoms with Crippen LogP contribution in [0.15, 0.2) is 12.1 Å². The van der Waals surface area contributed by atoms with E-state index in [9.17, 15) is 19.8 Å². The van der Waals surface area contributed by atoms with E-state index in [1.165, 1.54) is 12.1 Å². The van der Waals surface area contributed by atoms with E-state index in [1.807, 2.05) is 7.05 Å². The summed E-state index contributed by atoms with van der Waals surface area (Å²) in [5.41, 5.74) is 1.69. The molecule has 2 aromatic rings. The molecule has 0 aliphatic carbocycles. The average molecular weight is 365 g/mol. The zero-order valence-corrected chi connectivity index (χ0v) is 15.0. The number of halogens is 1. The number of nitrogens with zero attached hydrogens (tertiary/aromatic N) is 2. The molecule has 0 bridgehead atoms. The van der Waals surface area contributed by atoms with E-state index in [-0.39, 0.29) is 29.0 Å². The molecule has 0 atom stereocenters. The van der Waals surface area contributed by atoms with Crippen molar-refractivity contribution < 1.29 is 19.8 Å². The second kappa shape index (κ2) is 6.69. The maximum Gasteiger partial charge on any atom is 0.307 e. The maximum absolute atomic E-state index is 13.1. The quantitative estimate of drug-likeness (QED) is 0.875. The number of fused-ring (bicyclic) bond motifs is 1. The standard InChI is InChI=1S/C18H21ClN2O4/c1-10-12(8-17(23)24)13-7-16(22)14(19)9-15(13)21(10)18(25)11-3-5-20(2)6-4-11/h7,9,11,22H,3-6,8H2,1-2H3,(H,23,24). The molecule has 7 heteroatoms. The molecule has 3 rings (SSSR count). The first-order chi connectivity index (χ1) is 11.8. The molecule has 2 heterocycles. The Morgan fingerprint density at radius 1 is 1.28 bits per heavy atom. The van der Waals surface area contributed by atoms with Crippen LogP contribution in [-0.4, -0.2) is 51.7 Å². The zero-order chi connectivity index (χ0) is 18.3. The van der Waals surface area contributed by atoms with Crippen LogP contribution in [0.2, 0.25) is 5.02 Å². The largest absolute Gasteiger partial charge is 0.506 e. The van der Waals surface area contributed by atoms with Crippen molar-refractivity contribution in [1.82, 2.24) is 9.47 Å². The van der Waals surface area contributed by atoms with Crippen LogP contribution >= 0.6 is 11.6 Å². The molecule has 0 unspecified atom stereocenters. The van der Waals surface area contributed by atoms with Gasteiger partial charge in [-0.3, -0.25) is 14.2 Å². The van der Waals surface area contributed by atoms with Crippen molar-refractivity contribution in [2.24, 2.45) is 5.92 Å². The fourth-order valence-electron chi connectivity index (χ4n) is 3.59. The van der Waals surface area contributed by atoms with Gasteiger partial charge in [0, 0.05) is 17.0 Å². The number of carboxylic acids is 1. The van der Waals surface area contributed by atoms with Crippen molar-refractivity contribution in [3.8, 4) is 5.75 Å². The average Bonchev–Trinajstić information content (AvgIpc) is 2.80. The number of likely N-dealkylation sites (tertiary alicyclic amines) is 1. The van der Waals surface area contributed by atoms with Gasteiger partial charge in [0.2, 0.25) is 5.91 Å². The minimum atomic E-state index is -0.983. The Balaban J connectivity index is 2.13. The van der Waals surface area contributed by atoms with Crippen molar-refractivity contribution >= 4 is 34.4 Å². The fourth-order valence-corrected chi connectivity index (χ4v) is 3.74. The van der Waals surface area contributed by atoms with Crippen molar-refractivity contribution in [2.75, 3.05) is 20.1 Å². The van der Waals surface area contributed by atoms with Crippen LogP contribution in [0.5, 0.6) is 5.75 Å². The summed E-state index contributed by atoms with van der Waals surface area (Å²) in [5.74, 6) is -1.24. The Morgan fingerprint density at radius 3 is 2.52 bits per heavy atom. The van der Waals surface area contributed by atoms with Gasteiger partial charge >= 0.3 is 5.97 Å². The van der Waals surface area contributed by atoms with Crippen LogP contribution in [0.3, 0.4) is 0 Å². The summed E-state index contributed by atoms with van der Waals surface area (Å²) in [4.78, 5) is 26.6. The summed E-state index contributed by atoms with van der Waals surface area (Å²) in [6.07, 6.45) is 1.33. The topological polar surface area (TPSA) is 82.8 Å². The van der Waals surface area contributed by atoms with Crippen LogP contribution < -0.4 is 0 Å². The third-order valence-corrected chi connectivity index (χ3v) is 5.32. The van der Waals surface area contributed by atoms with Gasteiger partial charge in [0.05, 0.1) is 17.0 Å². The summed E-state index contributed by atoms with van der Waals surface area (Å²) in [7, 11) is 2.03. The number of aromatic nitrogens is 1. The molecule has 1 aromatic heterocycles. The molecule has 0 amide bonds. The smallest absolute Gasteiger partial charge is 0.307 e. The van der Waals surface area contributed by atoms with Gasteiger partial charge in [0.1, 0.15) is 5.75 Å². The number of phenolic OH excluding ortho intramolecular Hbond substituents is 1. The molecule has 1 saturated heterocycles. The molecule has 1 fully saturated rings. The SMILES string of the molecule is Cc1c(CC(=O)O)c2cc(O)c(Cl)cc2n1C(=O)C1CCN(C)CC1. The van der Waals surface area contributed by atoms with E-state index in [2.05, 4.69) is 4.90 Å². The highest BCUT2D eigenvalue weighted by molar-refractivity contribution is 6.33. The second-order valence-corrected chi connectivity index (χ2v) is 7.11. The predicted molar refractivity (Wildman–Crippen MR) is 95.5 cm³/mol. The molecule has 1 aliphatic rings. The monoisotopic (exact) mass is 364 g/mol. The summed E-state index contributed by atoms with van der Waals surface area (Å²) in [6, 6.07) is 2.98. The summed E-state index contributed by atoms with van der Waals surface area (Å²) < 4.78 is 1.58. The van der Waals surface area contributed by atoms with Gasteiger partial charge in [-0.15, -0.1) is 0 Å².